The Morgan fingerprint density at radius 1 is 1.25 bits per heavy atom. The molecule has 1 heterocycles. The van der Waals surface area contributed by atoms with Gasteiger partial charge in [-0.15, -0.1) is 0 Å². The molecule has 2 atom stereocenters. The minimum absolute atomic E-state index is 0.224. The highest BCUT2D eigenvalue weighted by Gasteiger charge is 2.51. The Kier molecular flexibility index (Phi) is 3.39. The maximum atomic E-state index is 12.9. The van der Waals surface area contributed by atoms with Crippen LogP contribution in [-0.4, -0.2) is 23.4 Å². The van der Waals surface area contributed by atoms with E-state index in [1.54, 1.807) is 0 Å². The summed E-state index contributed by atoms with van der Waals surface area (Å²) in [5.41, 5.74) is 1.53. The third kappa shape index (κ3) is 2.49. The van der Waals surface area contributed by atoms with Gasteiger partial charge < -0.3 is 4.90 Å². The normalized spacial score (nSPS) is 31.4. The van der Waals surface area contributed by atoms with E-state index in [2.05, 4.69) is 48.3 Å². The van der Waals surface area contributed by atoms with Crippen molar-refractivity contribution < 1.29 is 4.79 Å². The lowest BCUT2D eigenvalue weighted by Crippen LogP contribution is -2.38. The summed E-state index contributed by atoms with van der Waals surface area (Å²) in [6.45, 7) is 7.96. The fourth-order valence-electron chi connectivity index (χ4n) is 4.49. The lowest BCUT2D eigenvalue weighted by molar-refractivity contribution is 0.0707. The van der Waals surface area contributed by atoms with Gasteiger partial charge in [0.2, 0.25) is 0 Å². The number of hydrogen-bond acceptors (Lipinski definition) is 1. The maximum Gasteiger partial charge on any atom is 0.255 e. The summed E-state index contributed by atoms with van der Waals surface area (Å²) in [6.07, 6.45) is 3.54. The third-order valence-electron chi connectivity index (χ3n) is 4.78. The van der Waals surface area contributed by atoms with Gasteiger partial charge in [0, 0.05) is 16.2 Å². The van der Waals surface area contributed by atoms with Crippen LogP contribution in [0.4, 0.5) is 0 Å². The summed E-state index contributed by atoms with van der Waals surface area (Å²) < 4.78 is 1.06. The van der Waals surface area contributed by atoms with Crippen molar-refractivity contribution in [2.45, 2.75) is 46.1 Å². The smallest absolute Gasteiger partial charge is 0.255 e. The molecule has 0 radical (unpaired) electrons. The lowest BCUT2D eigenvalue weighted by atomic mass is 9.65. The van der Waals surface area contributed by atoms with Crippen LogP contribution < -0.4 is 0 Å². The fraction of sp³-hybridized carbons (Fsp3) is 0.588. The minimum atomic E-state index is 0.224. The molecule has 20 heavy (non-hydrogen) atoms. The summed E-state index contributed by atoms with van der Waals surface area (Å²) in [4.78, 5) is 15.0. The summed E-state index contributed by atoms with van der Waals surface area (Å²) in [7, 11) is 0. The number of carbonyl (C=O) groups is 1. The van der Waals surface area contributed by atoms with E-state index in [0.29, 0.717) is 16.9 Å². The Bertz CT molecular complexity index is 554. The lowest BCUT2D eigenvalue weighted by Gasteiger charge is -2.39. The predicted molar refractivity (Wildman–Crippen MR) is 89.7 cm³/mol. The van der Waals surface area contributed by atoms with Gasteiger partial charge in [0.05, 0.1) is 5.56 Å². The van der Waals surface area contributed by atoms with Crippen LogP contribution in [0.2, 0.25) is 0 Å². The van der Waals surface area contributed by atoms with Gasteiger partial charge in [-0.3, -0.25) is 4.79 Å². The van der Waals surface area contributed by atoms with Crippen molar-refractivity contribution in [1.29, 1.82) is 0 Å². The van der Waals surface area contributed by atoms with Crippen LogP contribution in [0.5, 0.6) is 0 Å². The van der Waals surface area contributed by atoms with Crippen molar-refractivity contribution in [2.75, 3.05) is 6.54 Å². The van der Waals surface area contributed by atoms with E-state index in [0.717, 1.165) is 22.1 Å². The van der Waals surface area contributed by atoms with Gasteiger partial charge in [-0.1, -0.05) is 32.9 Å². The second kappa shape index (κ2) is 4.72. The largest absolute Gasteiger partial charge is 0.335 e. The van der Waals surface area contributed by atoms with Crippen LogP contribution in [0.15, 0.2) is 24.3 Å². The van der Waals surface area contributed by atoms with Crippen molar-refractivity contribution in [3.63, 3.8) is 0 Å². The molecule has 2 fully saturated rings. The Labute approximate surface area is 135 Å². The first-order valence-corrected chi connectivity index (χ1v) is 8.43. The van der Waals surface area contributed by atoms with Crippen LogP contribution in [0, 0.1) is 14.4 Å². The number of likely N-dealkylation sites (tertiary alicyclic amines) is 1. The number of carbonyl (C=O) groups excluding carboxylic acids is 1. The number of benzene rings is 1. The fourth-order valence-corrected chi connectivity index (χ4v) is 5.10. The Morgan fingerprint density at radius 3 is 2.65 bits per heavy atom. The van der Waals surface area contributed by atoms with Gasteiger partial charge in [-0.2, -0.15) is 0 Å². The average Bonchev–Trinajstić information content (AvgIpc) is 2.58. The highest BCUT2D eigenvalue weighted by molar-refractivity contribution is 14.1. The number of amides is 1. The molecule has 2 unspecified atom stereocenters. The van der Waals surface area contributed by atoms with E-state index in [1.807, 2.05) is 24.3 Å². The van der Waals surface area contributed by atoms with Crippen LogP contribution >= 0.6 is 22.6 Å². The van der Waals surface area contributed by atoms with E-state index in [-0.39, 0.29) is 5.91 Å². The highest BCUT2D eigenvalue weighted by atomic mass is 127. The Hall–Kier alpha value is -0.580. The molecule has 1 aromatic carbocycles. The van der Waals surface area contributed by atoms with Gasteiger partial charge in [0.15, 0.2) is 0 Å². The standard InChI is InChI=1S/C17H22INO/c1-16(2)8-12-9-17(3,10-16)11-19(12)15(20)13-6-4-5-7-14(13)18/h4-7,12H,8-11H2,1-3H3. The minimum Gasteiger partial charge on any atom is -0.335 e. The van der Waals surface area contributed by atoms with Gasteiger partial charge in [-0.05, 0) is 64.8 Å². The molecule has 1 aliphatic heterocycles. The molecule has 2 aliphatic rings. The Morgan fingerprint density at radius 2 is 1.95 bits per heavy atom. The number of halogens is 1. The van der Waals surface area contributed by atoms with Crippen molar-refractivity contribution in [3.8, 4) is 0 Å². The zero-order valence-electron chi connectivity index (χ0n) is 12.4. The summed E-state index contributed by atoms with van der Waals surface area (Å²) >= 11 is 2.27. The van der Waals surface area contributed by atoms with E-state index < -0.39 is 0 Å². The van der Waals surface area contributed by atoms with Crippen LogP contribution in [-0.2, 0) is 0 Å². The third-order valence-corrected chi connectivity index (χ3v) is 5.72. The molecule has 0 spiro atoms. The molecular formula is C17H22INO. The molecule has 3 rings (SSSR count). The number of fused-ring (bicyclic) bond motifs is 2. The van der Waals surface area contributed by atoms with E-state index in [1.165, 1.54) is 12.8 Å². The van der Waals surface area contributed by atoms with Crippen LogP contribution in [0.3, 0.4) is 0 Å². The van der Waals surface area contributed by atoms with Gasteiger partial charge in [-0.25, -0.2) is 0 Å². The summed E-state index contributed by atoms with van der Waals surface area (Å²) in [5, 5.41) is 0. The van der Waals surface area contributed by atoms with Crippen LogP contribution in [0.25, 0.3) is 0 Å². The van der Waals surface area contributed by atoms with Crippen molar-refractivity contribution in [2.24, 2.45) is 10.8 Å². The van der Waals surface area contributed by atoms with Gasteiger partial charge >= 0.3 is 0 Å². The molecule has 1 aromatic rings. The predicted octanol–water partition coefficient (Wildman–Crippen LogP) is 4.33. The van der Waals surface area contributed by atoms with Crippen molar-refractivity contribution >= 4 is 28.5 Å². The second-order valence-electron chi connectivity index (χ2n) is 7.63. The molecule has 108 valence electrons. The van der Waals surface area contributed by atoms with E-state index >= 15 is 0 Å². The molecule has 2 bridgehead atoms. The molecule has 0 aromatic heterocycles. The molecular weight excluding hydrogens is 361 g/mol. The SMILES string of the molecule is CC1(C)CC2CC(C)(CN2C(=O)c2ccccc2I)C1. The van der Waals surface area contributed by atoms with E-state index in [9.17, 15) is 4.79 Å². The number of nitrogens with zero attached hydrogens (tertiary/aromatic N) is 1. The zero-order valence-corrected chi connectivity index (χ0v) is 14.6. The first-order chi connectivity index (χ1) is 9.30. The highest BCUT2D eigenvalue weighted by Crippen LogP contribution is 2.52. The Balaban J connectivity index is 1.89. The molecule has 1 aliphatic carbocycles. The average molecular weight is 383 g/mol. The van der Waals surface area contributed by atoms with Crippen molar-refractivity contribution in [3.05, 3.63) is 33.4 Å². The quantitative estimate of drug-likeness (QED) is 0.661. The summed E-state index contributed by atoms with van der Waals surface area (Å²) in [6, 6.07) is 8.35. The first-order valence-electron chi connectivity index (χ1n) is 7.35. The summed E-state index contributed by atoms with van der Waals surface area (Å²) in [5.74, 6) is 0.224. The van der Waals surface area contributed by atoms with Crippen molar-refractivity contribution in [1.82, 2.24) is 4.90 Å². The maximum absolute atomic E-state index is 12.9. The van der Waals surface area contributed by atoms with Gasteiger partial charge in [0.25, 0.3) is 5.91 Å². The van der Waals surface area contributed by atoms with E-state index in [4.69, 9.17) is 0 Å². The monoisotopic (exact) mass is 383 g/mol. The topological polar surface area (TPSA) is 20.3 Å². The molecule has 3 heteroatoms. The molecule has 1 amide bonds. The van der Waals surface area contributed by atoms with Crippen LogP contribution in [0.1, 0.15) is 50.4 Å². The molecule has 1 saturated carbocycles. The number of hydrogen-bond donors (Lipinski definition) is 0. The molecule has 2 nitrogen and oxygen atoms in total. The van der Waals surface area contributed by atoms with Gasteiger partial charge in [0.1, 0.15) is 0 Å². The molecule has 1 saturated heterocycles. The second-order valence-corrected chi connectivity index (χ2v) is 8.79. The number of rotatable bonds is 1. The first kappa shape index (κ1) is 14.4. The zero-order chi connectivity index (χ0) is 14.5. The molecule has 0 N–H and O–H groups in total.